The van der Waals surface area contributed by atoms with E-state index in [9.17, 15) is 9.59 Å². The van der Waals surface area contributed by atoms with Gasteiger partial charge in [0.25, 0.3) is 0 Å². The van der Waals surface area contributed by atoms with E-state index in [1.807, 2.05) is 18.2 Å². The van der Waals surface area contributed by atoms with Gasteiger partial charge in [0, 0.05) is 32.4 Å². The van der Waals surface area contributed by atoms with Crippen LogP contribution in [0.1, 0.15) is 6.42 Å². The summed E-state index contributed by atoms with van der Waals surface area (Å²) in [5, 5.41) is 2.81. The third-order valence-electron chi connectivity index (χ3n) is 3.90. The maximum Gasteiger partial charge on any atom is 0.415 e. The van der Waals surface area contributed by atoms with Gasteiger partial charge in [-0.05, 0) is 30.7 Å². The van der Waals surface area contributed by atoms with Gasteiger partial charge in [-0.1, -0.05) is 18.2 Å². The number of aromatic nitrogens is 1. The molecule has 0 radical (unpaired) electrons. The molecule has 1 saturated heterocycles. The summed E-state index contributed by atoms with van der Waals surface area (Å²) in [6, 6.07) is 12.3. The molecule has 1 N–H and O–H groups in total. The summed E-state index contributed by atoms with van der Waals surface area (Å²) < 4.78 is 5.36. The van der Waals surface area contributed by atoms with E-state index in [1.54, 1.807) is 46.5 Å². The number of carbonyl (C=O) groups excluding carboxylic acids is 2. The number of anilines is 1. The standard InChI is InChI=1S/C18H20N4O3/c23-17(20-15-6-4-9-19-14-15)21-10-5-11-22(13-12-21)18(24)25-16-7-2-1-3-8-16/h1-4,6-9,14H,5,10-13H2,(H,20,23). The normalized spacial score (nSPS) is 14.6. The molecule has 0 spiro atoms. The highest BCUT2D eigenvalue weighted by Crippen LogP contribution is 2.13. The van der Waals surface area contributed by atoms with Crippen LogP contribution in [0.2, 0.25) is 0 Å². The lowest BCUT2D eigenvalue weighted by Gasteiger charge is -2.22. The number of nitrogens with one attached hydrogen (secondary N) is 1. The van der Waals surface area contributed by atoms with Crippen LogP contribution in [0.25, 0.3) is 0 Å². The number of hydrogen-bond donors (Lipinski definition) is 1. The van der Waals surface area contributed by atoms with Gasteiger partial charge in [-0.2, -0.15) is 0 Å². The number of para-hydroxylation sites is 1. The van der Waals surface area contributed by atoms with Crippen molar-refractivity contribution in [3.8, 4) is 5.75 Å². The summed E-state index contributed by atoms with van der Waals surface area (Å²) in [5.41, 5.74) is 0.650. The molecular formula is C18H20N4O3. The Hall–Kier alpha value is -3.09. The maximum absolute atomic E-state index is 12.3. The summed E-state index contributed by atoms with van der Waals surface area (Å²) >= 11 is 0. The lowest BCUT2D eigenvalue weighted by atomic mass is 10.3. The zero-order valence-electron chi connectivity index (χ0n) is 13.8. The van der Waals surface area contributed by atoms with Gasteiger partial charge < -0.3 is 19.9 Å². The van der Waals surface area contributed by atoms with Crippen molar-refractivity contribution in [3.63, 3.8) is 0 Å². The predicted molar refractivity (Wildman–Crippen MR) is 93.5 cm³/mol. The number of amides is 3. The summed E-state index contributed by atoms with van der Waals surface area (Å²) in [5.74, 6) is 0.517. The van der Waals surface area contributed by atoms with Crippen molar-refractivity contribution in [1.82, 2.24) is 14.8 Å². The zero-order valence-corrected chi connectivity index (χ0v) is 13.8. The molecule has 3 amide bonds. The SMILES string of the molecule is O=C(Nc1cccnc1)N1CCCN(C(=O)Oc2ccccc2)CC1. The minimum atomic E-state index is -0.388. The maximum atomic E-state index is 12.3. The average molecular weight is 340 g/mol. The Labute approximate surface area is 146 Å². The smallest absolute Gasteiger partial charge is 0.410 e. The van der Waals surface area contributed by atoms with Crippen LogP contribution in [0.4, 0.5) is 15.3 Å². The van der Waals surface area contributed by atoms with Crippen LogP contribution < -0.4 is 10.1 Å². The number of carbonyl (C=O) groups is 2. The van der Waals surface area contributed by atoms with Crippen LogP contribution in [-0.4, -0.2) is 53.1 Å². The van der Waals surface area contributed by atoms with Crippen LogP contribution in [0, 0.1) is 0 Å². The summed E-state index contributed by atoms with van der Waals surface area (Å²) in [7, 11) is 0. The summed E-state index contributed by atoms with van der Waals surface area (Å²) in [6.45, 7) is 2.03. The van der Waals surface area contributed by atoms with E-state index in [1.165, 1.54) is 0 Å². The van der Waals surface area contributed by atoms with Crippen molar-refractivity contribution < 1.29 is 14.3 Å². The molecule has 130 valence electrons. The number of hydrogen-bond acceptors (Lipinski definition) is 4. The summed E-state index contributed by atoms with van der Waals surface area (Å²) in [6.07, 6.45) is 3.56. The van der Waals surface area contributed by atoms with Gasteiger partial charge in [0.1, 0.15) is 5.75 Å². The Morgan fingerprint density at radius 3 is 2.48 bits per heavy atom. The van der Waals surface area contributed by atoms with E-state index < -0.39 is 0 Å². The molecule has 2 heterocycles. The monoisotopic (exact) mass is 340 g/mol. The fourth-order valence-corrected chi connectivity index (χ4v) is 2.60. The van der Waals surface area contributed by atoms with Gasteiger partial charge in [0.05, 0.1) is 11.9 Å². The number of rotatable bonds is 2. The number of urea groups is 1. The molecule has 0 aliphatic carbocycles. The number of ether oxygens (including phenoxy) is 1. The first-order chi connectivity index (χ1) is 12.2. The molecule has 1 aliphatic rings. The minimum Gasteiger partial charge on any atom is -0.410 e. The molecule has 1 fully saturated rings. The van der Waals surface area contributed by atoms with Crippen molar-refractivity contribution >= 4 is 17.8 Å². The van der Waals surface area contributed by atoms with Gasteiger partial charge in [-0.3, -0.25) is 4.98 Å². The Bertz CT molecular complexity index is 647. The lowest BCUT2D eigenvalue weighted by molar-refractivity contribution is 0.153. The average Bonchev–Trinajstić information content (AvgIpc) is 2.90. The van der Waals surface area contributed by atoms with Crippen molar-refractivity contribution in [2.24, 2.45) is 0 Å². The minimum absolute atomic E-state index is 0.189. The van der Waals surface area contributed by atoms with Crippen molar-refractivity contribution in [1.29, 1.82) is 0 Å². The van der Waals surface area contributed by atoms with E-state index in [0.717, 1.165) is 0 Å². The van der Waals surface area contributed by atoms with E-state index in [2.05, 4.69) is 10.3 Å². The molecule has 0 atom stereocenters. The zero-order chi connectivity index (χ0) is 17.5. The number of benzene rings is 1. The first-order valence-corrected chi connectivity index (χ1v) is 8.20. The van der Waals surface area contributed by atoms with E-state index in [-0.39, 0.29) is 12.1 Å². The molecule has 7 heteroatoms. The largest absolute Gasteiger partial charge is 0.415 e. The fraction of sp³-hybridized carbons (Fsp3) is 0.278. The second-order valence-corrected chi connectivity index (χ2v) is 5.68. The third-order valence-corrected chi connectivity index (χ3v) is 3.90. The highest BCUT2D eigenvalue weighted by molar-refractivity contribution is 5.89. The Morgan fingerprint density at radius 1 is 0.960 bits per heavy atom. The van der Waals surface area contributed by atoms with Gasteiger partial charge in [0.15, 0.2) is 0 Å². The van der Waals surface area contributed by atoms with Crippen molar-refractivity contribution in [2.45, 2.75) is 6.42 Å². The molecule has 1 aromatic carbocycles. The van der Waals surface area contributed by atoms with E-state index in [0.29, 0.717) is 44.0 Å². The predicted octanol–water partition coefficient (Wildman–Crippen LogP) is 2.82. The van der Waals surface area contributed by atoms with Gasteiger partial charge >= 0.3 is 12.1 Å². The highest BCUT2D eigenvalue weighted by atomic mass is 16.6. The van der Waals surface area contributed by atoms with Crippen LogP contribution >= 0.6 is 0 Å². The first kappa shape index (κ1) is 16.8. The molecule has 1 aliphatic heterocycles. The second kappa shape index (κ2) is 8.14. The van der Waals surface area contributed by atoms with Crippen LogP contribution in [0.5, 0.6) is 5.75 Å². The molecule has 0 bridgehead atoms. The van der Waals surface area contributed by atoms with Crippen molar-refractivity contribution in [2.75, 3.05) is 31.5 Å². The molecular weight excluding hydrogens is 320 g/mol. The lowest BCUT2D eigenvalue weighted by Crippen LogP contribution is -2.40. The molecule has 2 aromatic rings. The highest BCUT2D eigenvalue weighted by Gasteiger charge is 2.23. The molecule has 1 aromatic heterocycles. The molecule has 0 saturated carbocycles. The van der Waals surface area contributed by atoms with Gasteiger partial charge in [-0.15, -0.1) is 0 Å². The van der Waals surface area contributed by atoms with E-state index >= 15 is 0 Å². The van der Waals surface area contributed by atoms with Gasteiger partial charge in [0.2, 0.25) is 0 Å². The number of pyridine rings is 1. The van der Waals surface area contributed by atoms with Crippen LogP contribution in [-0.2, 0) is 0 Å². The fourth-order valence-electron chi connectivity index (χ4n) is 2.60. The molecule has 3 rings (SSSR count). The Morgan fingerprint density at radius 2 is 1.72 bits per heavy atom. The Kier molecular flexibility index (Phi) is 5.46. The topological polar surface area (TPSA) is 74.8 Å². The molecule has 7 nitrogen and oxygen atoms in total. The number of nitrogens with zero attached hydrogens (tertiary/aromatic N) is 3. The molecule has 0 unspecified atom stereocenters. The second-order valence-electron chi connectivity index (χ2n) is 5.68. The third kappa shape index (κ3) is 4.69. The molecule has 25 heavy (non-hydrogen) atoms. The Balaban J connectivity index is 1.53. The van der Waals surface area contributed by atoms with Gasteiger partial charge in [-0.25, -0.2) is 9.59 Å². The summed E-state index contributed by atoms with van der Waals surface area (Å²) in [4.78, 5) is 31.9. The first-order valence-electron chi connectivity index (χ1n) is 8.20. The van der Waals surface area contributed by atoms with E-state index in [4.69, 9.17) is 4.74 Å². The quantitative estimate of drug-likeness (QED) is 0.912. The van der Waals surface area contributed by atoms with Crippen LogP contribution in [0.15, 0.2) is 54.9 Å². The van der Waals surface area contributed by atoms with Crippen molar-refractivity contribution in [3.05, 3.63) is 54.9 Å². The van der Waals surface area contributed by atoms with Crippen LogP contribution in [0.3, 0.4) is 0 Å².